The van der Waals surface area contributed by atoms with Crippen LogP contribution in [0.3, 0.4) is 0 Å². The molecule has 1 saturated carbocycles. The van der Waals surface area contributed by atoms with Crippen LogP contribution in [0, 0.1) is 0 Å². The lowest BCUT2D eigenvalue weighted by molar-refractivity contribution is 0.672. The van der Waals surface area contributed by atoms with Gasteiger partial charge in [0.15, 0.2) is 5.82 Å². The topological polar surface area (TPSA) is 41.6 Å². The number of nitrogens with one attached hydrogen (secondary N) is 1. The van der Waals surface area contributed by atoms with Gasteiger partial charge >= 0.3 is 0 Å². The van der Waals surface area contributed by atoms with E-state index >= 15 is 0 Å². The van der Waals surface area contributed by atoms with Crippen LogP contribution in [0.15, 0.2) is 14.3 Å². The summed E-state index contributed by atoms with van der Waals surface area (Å²) in [7, 11) is 0. The quantitative estimate of drug-likeness (QED) is 0.823. The van der Waals surface area contributed by atoms with Crippen LogP contribution in [0.1, 0.15) is 37.4 Å². The van der Waals surface area contributed by atoms with Gasteiger partial charge in [0.2, 0.25) is 0 Å². The average Bonchev–Trinajstić information content (AvgIpc) is 3.00. The van der Waals surface area contributed by atoms with Crippen LogP contribution >= 0.6 is 43.2 Å². The van der Waals surface area contributed by atoms with Gasteiger partial charge in [-0.05, 0) is 50.8 Å². The third-order valence-corrected chi connectivity index (χ3v) is 6.36. The second-order valence-electron chi connectivity index (χ2n) is 4.26. The Morgan fingerprint density at radius 3 is 2.71 bits per heavy atom. The fraction of sp³-hybridized carbons (Fsp3) is 0.455. The number of aromatic nitrogens is 3. The van der Waals surface area contributed by atoms with Gasteiger partial charge in [0, 0.05) is 10.4 Å². The summed E-state index contributed by atoms with van der Waals surface area (Å²) in [5.41, 5.74) is 0. The lowest BCUT2D eigenvalue weighted by Gasteiger charge is -2.01. The van der Waals surface area contributed by atoms with Crippen molar-refractivity contribution in [2.24, 2.45) is 0 Å². The molecule has 2 aromatic rings. The van der Waals surface area contributed by atoms with Gasteiger partial charge in [-0.2, -0.15) is 5.10 Å². The Bertz CT molecular complexity index is 509. The largest absolute Gasteiger partial charge is 0.262 e. The Hall–Kier alpha value is -0.200. The van der Waals surface area contributed by atoms with Crippen molar-refractivity contribution in [3.8, 4) is 10.7 Å². The van der Waals surface area contributed by atoms with Crippen LogP contribution in [0.2, 0.25) is 0 Å². The molecule has 1 N–H and O–H groups in total. The smallest absolute Gasteiger partial charge is 0.191 e. The molecule has 0 bridgehead atoms. The molecular formula is C11H11Br2N3S. The second-order valence-corrected chi connectivity index (χ2v) is 7.48. The first-order valence-electron chi connectivity index (χ1n) is 5.61. The Morgan fingerprint density at radius 1 is 1.29 bits per heavy atom. The molecule has 3 rings (SSSR count). The minimum absolute atomic E-state index is 0.586. The average molecular weight is 377 g/mol. The van der Waals surface area contributed by atoms with Gasteiger partial charge in [0.05, 0.1) is 8.66 Å². The van der Waals surface area contributed by atoms with Crippen molar-refractivity contribution in [3.63, 3.8) is 0 Å². The van der Waals surface area contributed by atoms with Gasteiger partial charge < -0.3 is 0 Å². The lowest BCUT2D eigenvalue weighted by Crippen LogP contribution is -1.94. The van der Waals surface area contributed by atoms with Gasteiger partial charge in [-0.3, -0.25) is 5.10 Å². The highest BCUT2D eigenvalue weighted by atomic mass is 79.9. The van der Waals surface area contributed by atoms with Gasteiger partial charge in [0.25, 0.3) is 0 Å². The minimum Gasteiger partial charge on any atom is -0.262 e. The summed E-state index contributed by atoms with van der Waals surface area (Å²) < 4.78 is 2.14. The number of hydrogen-bond acceptors (Lipinski definition) is 3. The van der Waals surface area contributed by atoms with E-state index < -0.39 is 0 Å². The first kappa shape index (κ1) is 11.9. The highest BCUT2D eigenvalue weighted by molar-refractivity contribution is 9.13. The monoisotopic (exact) mass is 375 g/mol. The fourth-order valence-electron chi connectivity index (χ4n) is 2.22. The fourth-order valence-corrected chi connectivity index (χ4v) is 4.19. The van der Waals surface area contributed by atoms with E-state index in [1.807, 2.05) is 0 Å². The first-order chi connectivity index (χ1) is 8.24. The second kappa shape index (κ2) is 4.82. The van der Waals surface area contributed by atoms with Crippen molar-refractivity contribution in [2.45, 2.75) is 31.6 Å². The molecule has 6 heteroatoms. The Labute approximate surface area is 120 Å². The van der Waals surface area contributed by atoms with Crippen LogP contribution in [0.5, 0.6) is 0 Å². The van der Waals surface area contributed by atoms with E-state index in [0.717, 1.165) is 24.8 Å². The van der Waals surface area contributed by atoms with Crippen LogP contribution in [0.4, 0.5) is 0 Å². The number of hydrogen-bond donors (Lipinski definition) is 1. The number of H-pyrrole nitrogens is 1. The first-order valence-corrected chi connectivity index (χ1v) is 8.02. The highest BCUT2D eigenvalue weighted by Crippen LogP contribution is 2.38. The number of nitrogens with zero attached hydrogens (tertiary/aromatic N) is 2. The summed E-state index contributed by atoms with van der Waals surface area (Å²) in [5, 5.41) is 7.41. The van der Waals surface area contributed by atoms with Crippen LogP contribution in [-0.2, 0) is 0 Å². The van der Waals surface area contributed by atoms with Gasteiger partial charge in [-0.25, -0.2) is 4.98 Å². The number of aromatic amines is 1. The standard InChI is InChI=1S/C11H11Br2N3S/c12-7-5-8(17-9(7)13)11-14-10(15-16-11)6-3-1-2-4-6/h5-6H,1-4H2,(H,14,15,16). The number of rotatable bonds is 2. The molecule has 0 amide bonds. The molecule has 0 spiro atoms. The predicted octanol–water partition coefficient (Wildman–Crippen LogP) is 4.72. The van der Waals surface area contributed by atoms with Crippen molar-refractivity contribution in [3.05, 3.63) is 20.1 Å². The Morgan fingerprint density at radius 2 is 2.06 bits per heavy atom. The molecule has 1 fully saturated rings. The lowest BCUT2D eigenvalue weighted by atomic mass is 10.1. The summed E-state index contributed by atoms with van der Waals surface area (Å²) in [5.74, 6) is 2.45. The zero-order chi connectivity index (χ0) is 11.8. The van der Waals surface area contributed by atoms with Crippen molar-refractivity contribution >= 4 is 43.2 Å². The molecule has 2 aromatic heterocycles. The maximum atomic E-state index is 4.62. The molecule has 2 heterocycles. The van der Waals surface area contributed by atoms with Crippen molar-refractivity contribution < 1.29 is 0 Å². The SMILES string of the molecule is Brc1cc(-c2n[nH]c(C3CCCC3)n2)sc1Br. The third-order valence-electron chi connectivity index (χ3n) is 3.11. The maximum Gasteiger partial charge on any atom is 0.191 e. The molecule has 0 atom stereocenters. The van der Waals surface area contributed by atoms with E-state index in [1.165, 1.54) is 25.7 Å². The summed E-state index contributed by atoms with van der Waals surface area (Å²) in [6.07, 6.45) is 5.12. The molecule has 0 radical (unpaired) electrons. The minimum atomic E-state index is 0.586. The van der Waals surface area contributed by atoms with Gasteiger partial charge in [-0.1, -0.05) is 12.8 Å². The molecule has 0 aromatic carbocycles. The predicted molar refractivity (Wildman–Crippen MR) is 76.3 cm³/mol. The molecule has 0 aliphatic heterocycles. The summed E-state index contributed by atoms with van der Waals surface area (Å²) in [6, 6.07) is 2.05. The molecule has 3 nitrogen and oxygen atoms in total. The molecule has 0 unspecified atom stereocenters. The maximum absolute atomic E-state index is 4.62. The number of halogens is 2. The normalized spacial score (nSPS) is 16.8. The van der Waals surface area contributed by atoms with E-state index in [2.05, 4.69) is 53.1 Å². The summed E-state index contributed by atoms with van der Waals surface area (Å²) in [6.45, 7) is 0. The highest BCUT2D eigenvalue weighted by Gasteiger charge is 2.21. The van der Waals surface area contributed by atoms with E-state index in [1.54, 1.807) is 11.3 Å². The molecular weight excluding hydrogens is 366 g/mol. The zero-order valence-corrected chi connectivity index (χ0v) is 13.0. The van der Waals surface area contributed by atoms with Gasteiger partial charge in [0.1, 0.15) is 5.82 Å². The van der Waals surface area contributed by atoms with E-state index in [-0.39, 0.29) is 0 Å². The molecule has 1 aliphatic rings. The van der Waals surface area contributed by atoms with Crippen LogP contribution in [0.25, 0.3) is 10.7 Å². The third kappa shape index (κ3) is 2.35. The molecule has 90 valence electrons. The Balaban J connectivity index is 1.88. The molecule has 17 heavy (non-hydrogen) atoms. The van der Waals surface area contributed by atoms with Crippen molar-refractivity contribution in [1.82, 2.24) is 15.2 Å². The van der Waals surface area contributed by atoms with E-state index in [0.29, 0.717) is 5.92 Å². The van der Waals surface area contributed by atoms with Crippen LogP contribution < -0.4 is 0 Å². The molecule has 1 aliphatic carbocycles. The van der Waals surface area contributed by atoms with Crippen molar-refractivity contribution in [1.29, 1.82) is 0 Å². The van der Waals surface area contributed by atoms with Crippen molar-refractivity contribution in [2.75, 3.05) is 0 Å². The van der Waals surface area contributed by atoms with E-state index in [9.17, 15) is 0 Å². The van der Waals surface area contributed by atoms with E-state index in [4.69, 9.17) is 0 Å². The van der Waals surface area contributed by atoms with Crippen LogP contribution in [-0.4, -0.2) is 15.2 Å². The molecule has 0 saturated heterocycles. The number of thiophene rings is 1. The summed E-state index contributed by atoms with van der Waals surface area (Å²) in [4.78, 5) is 5.71. The zero-order valence-electron chi connectivity index (χ0n) is 9.04. The Kier molecular flexibility index (Phi) is 3.36. The van der Waals surface area contributed by atoms with Gasteiger partial charge in [-0.15, -0.1) is 11.3 Å². The summed E-state index contributed by atoms with van der Waals surface area (Å²) >= 11 is 8.62.